The van der Waals surface area contributed by atoms with Crippen molar-refractivity contribution >= 4 is 40.7 Å². The van der Waals surface area contributed by atoms with Crippen molar-refractivity contribution in [2.75, 3.05) is 13.2 Å². The molecule has 10 nitrogen and oxygen atoms in total. The molecular weight excluding hydrogens is 462 g/mol. The van der Waals surface area contributed by atoms with Crippen LogP contribution in [0.4, 0.5) is 5.69 Å². The van der Waals surface area contributed by atoms with E-state index in [1.54, 1.807) is 0 Å². The molecule has 1 atom stereocenters. The highest BCUT2D eigenvalue weighted by molar-refractivity contribution is 7.10. The average Bonchev–Trinajstić information content (AvgIpc) is 3.45. The first-order valence-corrected chi connectivity index (χ1v) is 10.9. The molecule has 1 unspecified atom stereocenters. The third kappa shape index (κ3) is 4.55. The minimum absolute atomic E-state index is 0.161. The highest BCUT2D eigenvalue weighted by Crippen LogP contribution is 2.30. The number of ether oxygens (including phenoxy) is 1. The highest BCUT2D eigenvalue weighted by Gasteiger charge is 2.42. The van der Waals surface area contributed by atoms with Gasteiger partial charge in [0, 0.05) is 10.9 Å². The van der Waals surface area contributed by atoms with Crippen LogP contribution in [-0.4, -0.2) is 46.7 Å². The number of amides is 3. The number of imide groups is 1. The fraction of sp³-hybridized carbons (Fsp3) is 0.130. The van der Waals surface area contributed by atoms with E-state index in [4.69, 9.17) is 4.74 Å². The predicted octanol–water partition coefficient (Wildman–Crippen LogP) is 2.70. The Morgan fingerprint density at radius 1 is 1.03 bits per heavy atom. The van der Waals surface area contributed by atoms with Crippen molar-refractivity contribution in [3.63, 3.8) is 0 Å². The second-order valence-electron chi connectivity index (χ2n) is 7.24. The number of fused-ring (bicyclic) bond motifs is 1. The second kappa shape index (κ2) is 9.63. The Kier molecular flexibility index (Phi) is 6.46. The summed E-state index contributed by atoms with van der Waals surface area (Å²) in [6.07, 6.45) is 0. The Bertz CT molecular complexity index is 1270. The van der Waals surface area contributed by atoms with Crippen molar-refractivity contribution in [2.45, 2.75) is 6.04 Å². The maximum atomic E-state index is 12.6. The van der Waals surface area contributed by atoms with E-state index in [0.29, 0.717) is 4.90 Å². The van der Waals surface area contributed by atoms with Crippen molar-refractivity contribution in [3.8, 4) is 0 Å². The molecular formula is C23H17N3O7S. The number of nitrogens with one attached hydrogen (secondary N) is 1. The first-order valence-electron chi connectivity index (χ1n) is 10.0. The zero-order valence-corrected chi connectivity index (χ0v) is 18.3. The Hall–Kier alpha value is -4.38. The standard InChI is InChI=1S/C23H17N3O7S/c27-18(24-21(17-10-5-11-34-17)14-6-2-1-3-7-14)13-33-19(28)12-25-22(29)15-8-4-9-16(26(31)32)20(15)23(25)30/h1-11,21H,12-13H2,(H,24,27). The molecule has 0 bridgehead atoms. The lowest BCUT2D eigenvalue weighted by Gasteiger charge is -2.18. The number of nitro groups is 1. The van der Waals surface area contributed by atoms with Gasteiger partial charge in [0.2, 0.25) is 0 Å². The van der Waals surface area contributed by atoms with Gasteiger partial charge in [-0.25, -0.2) is 0 Å². The molecule has 172 valence electrons. The number of carbonyl (C=O) groups excluding carboxylic acids is 4. The van der Waals surface area contributed by atoms with E-state index in [1.165, 1.54) is 23.5 Å². The molecule has 1 N–H and O–H groups in total. The van der Waals surface area contributed by atoms with Gasteiger partial charge in [-0.05, 0) is 23.1 Å². The molecule has 2 heterocycles. The fourth-order valence-corrected chi connectivity index (χ4v) is 4.36. The fourth-order valence-electron chi connectivity index (χ4n) is 3.55. The minimum atomic E-state index is -1.00. The van der Waals surface area contributed by atoms with Gasteiger partial charge in [0.15, 0.2) is 6.61 Å². The quantitative estimate of drug-likeness (QED) is 0.227. The molecule has 1 aromatic heterocycles. The van der Waals surface area contributed by atoms with Gasteiger partial charge in [-0.1, -0.05) is 42.5 Å². The normalized spacial score (nSPS) is 13.4. The van der Waals surface area contributed by atoms with Crippen molar-refractivity contribution < 1.29 is 28.8 Å². The maximum absolute atomic E-state index is 12.6. The third-order valence-electron chi connectivity index (χ3n) is 5.09. The van der Waals surface area contributed by atoms with Gasteiger partial charge >= 0.3 is 5.97 Å². The topological polar surface area (TPSA) is 136 Å². The van der Waals surface area contributed by atoms with E-state index in [0.717, 1.165) is 16.5 Å². The SMILES string of the molecule is O=C(COC(=O)CN1C(=O)c2cccc([N+](=O)[O-])c2C1=O)NC(c1ccccc1)c1cccs1. The van der Waals surface area contributed by atoms with Crippen LogP contribution in [0.25, 0.3) is 0 Å². The van der Waals surface area contributed by atoms with E-state index >= 15 is 0 Å². The van der Waals surface area contributed by atoms with Crippen LogP contribution in [0.15, 0.2) is 66.0 Å². The number of benzene rings is 2. The number of rotatable bonds is 8. The monoisotopic (exact) mass is 479 g/mol. The van der Waals surface area contributed by atoms with Crippen molar-refractivity contribution in [2.24, 2.45) is 0 Å². The number of esters is 1. The van der Waals surface area contributed by atoms with Crippen molar-refractivity contribution in [1.29, 1.82) is 0 Å². The Morgan fingerprint density at radius 3 is 2.47 bits per heavy atom. The summed E-state index contributed by atoms with van der Waals surface area (Å²) in [6.45, 7) is -1.40. The molecule has 0 saturated heterocycles. The van der Waals surface area contributed by atoms with Crippen LogP contribution in [0.5, 0.6) is 0 Å². The summed E-state index contributed by atoms with van der Waals surface area (Å²) in [4.78, 5) is 61.7. The van der Waals surface area contributed by atoms with Gasteiger partial charge in [0.05, 0.1) is 16.5 Å². The zero-order chi connectivity index (χ0) is 24.2. The lowest BCUT2D eigenvalue weighted by Crippen LogP contribution is -2.38. The van der Waals surface area contributed by atoms with Crippen LogP contribution >= 0.6 is 11.3 Å². The van der Waals surface area contributed by atoms with E-state index in [2.05, 4.69) is 5.32 Å². The first kappa shape index (κ1) is 22.8. The summed E-state index contributed by atoms with van der Waals surface area (Å²) in [5.74, 6) is -3.38. The summed E-state index contributed by atoms with van der Waals surface area (Å²) in [7, 11) is 0. The molecule has 0 saturated carbocycles. The smallest absolute Gasteiger partial charge is 0.326 e. The lowest BCUT2D eigenvalue weighted by molar-refractivity contribution is -0.385. The number of nitro benzene ring substituents is 1. The van der Waals surface area contributed by atoms with Gasteiger partial charge in [-0.15, -0.1) is 11.3 Å². The molecule has 4 rings (SSSR count). The van der Waals surface area contributed by atoms with E-state index in [9.17, 15) is 29.3 Å². The molecule has 0 fully saturated rings. The largest absolute Gasteiger partial charge is 0.454 e. The van der Waals surface area contributed by atoms with Gasteiger partial charge < -0.3 is 10.1 Å². The van der Waals surface area contributed by atoms with Crippen LogP contribution in [0.1, 0.15) is 37.2 Å². The highest BCUT2D eigenvalue weighted by atomic mass is 32.1. The summed E-state index contributed by atoms with van der Waals surface area (Å²) in [6, 6.07) is 16.2. The molecule has 1 aliphatic heterocycles. The third-order valence-corrected chi connectivity index (χ3v) is 6.03. The van der Waals surface area contributed by atoms with Crippen LogP contribution in [0.3, 0.4) is 0 Å². The Balaban J connectivity index is 1.38. The van der Waals surface area contributed by atoms with Gasteiger partial charge in [0.1, 0.15) is 12.1 Å². The number of carbonyl (C=O) groups is 4. The number of hydrogen-bond donors (Lipinski definition) is 1. The van der Waals surface area contributed by atoms with Crippen LogP contribution in [0, 0.1) is 10.1 Å². The van der Waals surface area contributed by atoms with Crippen LogP contribution in [-0.2, 0) is 14.3 Å². The predicted molar refractivity (Wildman–Crippen MR) is 120 cm³/mol. The minimum Gasteiger partial charge on any atom is -0.454 e. The molecule has 11 heteroatoms. The average molecular weight is 479 g/mol. The molecule has 0 spiro atoms. The lowest BCUT2D eigenvalue weighted by atomic mass is 10.1. The van der Waals surface area contributed by atoms with Gasteiger partial charge in [0.25, 0.3) is 23.4 Å². The van der Waals surface area contributed by atoms with Crippen LogP contribution in [0.2, 0.25) is 0 Å². The number of nitrogens with zero attached hydrogens (tertiary/aromatic N) is 2. The second-order valence-corrected chi connectivity index (χ2v) is 8.22. The molecule has 1 aliphatic rings. The van der Waals surface area contributed by atoms with E-state index in [-0.39, 0.29) is 11.1 Å². The van der Waals surface area contributed by atoms with E-state index < -0.39 is 53.5 Å². The van der Waals surface area contributed by atoms with Crippen molar-refractivity contribution in [3.05, 3.63) is 97.7 Å². The summed E-state index contributed by atoms with van der Waals surface area (Å²) < 4.78 is 4.97. The molecule has 34 heavy (non-hydrogen) atoms. The number of hydrogen-bond acceptors (Lipinski definition) is 8. The molecule has 2 aromatic carbocycles. The van der Waals surface area contributed by atoms with Gasteiger partial charge in [-0.2, -0.15) is 0 Å². The molecule has 3 amide bonds. The molecule has 0 radical (unpaired) electrons. The maximum Gasteiger partial charge on any atom is 0.326 e. The zero-order valence-electron chi connectivity index (χ0n) is 17.5. The van der Waals surface area contributed by atoms with Crippen molar-refractivity contribution in [1.82, 2.24) is 10.2 Å². The Morgan fingerprint density at radius 2 is 1.79 bits per heavy atom. The van der Waals surface area contributed by atoms with Crippen LogP contribution < -0.4 is 5.32 Å². The number of thiophene rings is 1. The first-order chi connectivity index (χ1) is 16.4. The van der Waals surface area contributed by atoms with E-state index in [1.807, 2.05) is 47.8 Å². The summed E-state index contributed by atoms with van der Waals surface area (Å²) >= 11 is 1.46. The summed E-state index contributed by atoms with van der Waals surface area (Å²) in [5.41, 5.74) is -0.208. The summed E-state index contributed by atoms with van der Waals surface area (Å²) in [5, 5.41) is 15.9. The molecule has 0 aliphatic carbocycles. The Labute approximate surface area is 196 Å². The molecule has 3 aromatic rings. The van der Waals surface area contributed by atoms with Gasteiger partial charge in [-0.3, -0.25) is 34.2 Å².